The molecule has 0 radical (unpaired) electrons. The van der Waals surface area contributed by atoms with Crippen molar-refractivity contribution >= 4 is 23.2 Å². The van der Waals surface area contributed by atoms with Crippen LogP contribution in [0.4, 0.5) is 11.4 Å². The molecule has 0 aromatic heterocycles. The smallest absolute Gasteiger partial charge is 0.274 e. The van der Waals surface area contributed by atoms with E-state index in [-0.39, 0.29) is 11.4 Å². The second-order valence-electron chi connectivity index (χ2n) is 6.93. The summed E-state index contributed by atoms with van der Waals surface area (Å²) in [5, 5.41) is 20.9. The van der Waals surface area contributed by atoms with Gasteiger partial charge in [-0.15, -0.1) is 0 Å². The zero-order valence-corrected chi connectivity index (χ0v) is 13.6. The van der Waals surface area contributed by atoms with Gasteiger partial charge < -0.3 is 9.84 Å². The summed E-state index contributed by atoms with van der Waals surface area (Å²) in [5.74, 6) is -2.55. The van der Waals surface area contributed by atoms with Gasteiger partial charge in [0, 0.05) is 11.6 Å². The highest BCUT2D eigenvalue weighted by molar-refractivity contribution is 6.23. The fraction of sp³-hybridized carbons (Fsp3) is 0.412. The molecule has 0 spiro atoms. The number of fused-ring (bicyclic) bond motifs is 5. The lowest BCUT2D eigenvalue weighted by molar-refractivity contribution is -0.385. The molecule has 2 saturated heterocycles. The number of anilines is 1. The Bertz CT molecular complexity index is 865. The van der Waals surface area contributed by atoms with Crippen molar-refractivity contribution in [2.24, 2.45) is 11.8 Å². The summed E-state index contributed by atoms with van der Waals surface area (Å²) in [5.41, 5.74) is -1.73. The van der Waals surface area contributed by atoms with E-state index in [0.29, 0.717) is 5.56 Å². The van der Waals surface area contributed by atoms with E-state index in [1.54, 1.807) is 26.0 Å². The Hall–Kier alpha value is -2.58. The largest absolute Gasteiger partial charge is 0.393 e. The highest BCUT2D eigenvalue weighted by Gasteiger charge is 2.72. The Labute approximate surface area is 142 Å². The Morgan fingerprint density at radius 1 is 1.28 bits per heavy atom. The highest BCUT2D eigenvalue weighted by Crippen LogP contribution is 2.57. The lowest BCUT2D eigenvalue weighted by atomic mass is 9.73. The molecule has 0 aliphatic carbocycles. The SMILES string of the molecule is Cc1ccc(N2C(=O)[C@@H]3[C@H](C2=O)[C@]2(C)C=C[C@@]3(CO)O2)cc1[N+](=O)[O-]. The second-order valence-corrected chi connectivity index (χ2v) is 6.93. The molecule has 2 amide bonds. The number of nitro groups is 1. The van der Waals surface area contributed by atoms with E-state index >= 15 is 0 Å². The standard InChI is InChI=1S/C17H16N2O6/c1-9-3-4-10(7-11(9)19(23)24)18-14(21)12-13(15(18)22)17(8-20)6-5-16(12,2)25-17/h3-7,12-13,20H,8H2,1-2H3/t12-,13+,16+,17+/m1/s1. The van der Waals surface area contributed by atoms with Crippen molar-refractivity contribution < 1.29 is 24.4 Å². The van der Waals surface area contributed by atoms with Gasteiger partial charge >= 0.3 is 0 Å². The molecule has 4 atom stereocenters. The van der Waals surface area contributed by atoms with Gasteiger partial charge in [-0.25, -0.2) is 4.90 Å². The maximum atomic E-state index is 13.0. The minimum absolute atomic E-state index is 0.157. The topological polar surface area (TPSA) is 110 Å². The average Bonchev–Trinajstić information content (AvgIpc) is 3.14. The van der Waals surface area contributed by atoms with Crippen molar-refractivity contribution in [2.75, 3.05) is 11.5 Å². The van der Waals surface area contributed by atoms with Crippen LogP contribution in [0.5, 0.6) is 0 Å². The first-order valence-electron chi connectivity index (χ1n) is 7.88. The molecule has 3 heterocycles. The normalized spacial score (nSPS) is 35.6. The van der Waals surface area contributed by atoms with E-state index in [1.807, 2.05) is 0 Å². The molecule has 1 aromatic carbocycles. The quantitative estimate of drug-likeness (QED) is 0.380. The van der Waals surface area contributed by atoms with Gasteiger partial charge in [-0.2, -0.15) is 0 Å². The number of ether oxygens (including phenoxy) is 1. The van der Waals surface area contributed by atoms with Crippen LogP contribution in [0.15, 0.2) is 30.4 Å². The Kier molecular flexibility index (Phi) is 3.02. The number of hydrogen-bond donors (Lipinski definition) is 1. The first kappa shape index (κ1) is 15.9. The molecule has 3 aliphatic heterocycles. The third-order valence-electron chi connectivity index (χ3n) is 5.45. The van der Waals surface area contributed by atoms with Crippen LogP contribution in [-0.2, 0) is 14.3 Å². The van der Waals surface area contributed by atoms with Crippen LogP contribution in [0.25, 0.3) is 0 Å². The fourth-order valence-electron chi connectivity index (χ4n) is 4.23. The van der Waals surface area contributed by atoms with Gasteiger partial charge in [0.25, 0.3) is 5.69 Å². The van der Waals surface area contributed by atoms with Gasteiger partial charge in [0.05, 0.1) is 34.7 Å². The summed E-state index contributed by atoms with van der Waals surface area (Å²) in [6.07, 6.45) is 3.34. The molecule has 2 bridgehead atoms. The van der Waals surface area contributed by atoms with E-state index in [2.05, 4.69) is 0 Å². The predicted molar refractivity (Wildman–Crippen MR) is 85.8 cm³/mol. The third kappa shape index (κ3) is 1.83. The summed E-state index contributed by atoms with van der Waals surface area (Å²) in [4.78, 5) is 37.5. The number of benzene rings is 1. The van der Waals surface area contributed by atoms with E-state index in [9.17, 15) is 24.8 Å². The zero-order valence-electron chi connectivity index (χ0n) is 13.6. The van der Waals surface area contributed by atoms with Gasteiger partial charge in [0.2, 0.25) is 11.8 Å². The molecule has 8 nitrogen and oxygen atoms in total. The van der Waals surface area contributed by atoms with Crippen LogP contribution in [-0.4, -0.2) is 39.7 Å². The average molecular weight is 344 g/mol. The summed E-state index contributed by atoms with van der Waals surface area (Å²) in [6, 6.07) is 4.26. The van der Waals surface area contributed by atoms with Gasteiger partial charge in [-0.05, 0) is 19.9 Å². The molecular weight excluding hydrogens is 328 g/mol. The van der Waals surface area contributed by atoms with Gasteiger partial charge in [-0.3, -0.25) is 19.7 Å². The van der Waals surface area contributed by atoms with E-state index < -0.39 is 46.4 Å². The van der Waals surface area contributed by atoms with Crippen LogP contribution in [0, 0.1) is 28.9 Å². The molecule has 0 unspecified atom stereocenters. The number of carbonyl (C=O) groups is 2. The van der Waals surface area contributed by atoms with Crippen LogP contribution in [0.1, 0.15) is 12.5 Å². The van der Waals surface area contributed by atoms with Crippen molar-refractivity contribution in [2.45, 2.75) is 25.0 Å². The first-order chi connectivity index (χ1) is 11.7. The van der Waals surface area contributed by atoms with Crippen molar-refractivity contribution in [1.82, 2.24) is 0 Å². The monoisotopic (exact) mass is 344 g/mol. The summed E-state index contributed by atoms with van der Waals surface area (Å²) in [7, 11) is 0. The number of amides is 2. The minimum Gasteiger partial charge on any atom is -0.393 e. The number of aliphatic hydroxyl groups is 1. The summed E-state index contributed by atoms with van der Waals surface area (Å²) in [6.45, 7) is 2.88. The number of aryl methyl sites for hydroxylation is 1. The van der Waals surface area contributed by atoms with Crippen LogP contribution in [0.3, 0.4) is 0 Å². The van der Waals surface area contributed by atoms with Crippen molar-refractivity contribution in [3.8, 4) is 0 Å². The Morgan fingerprint density at radius 2 is 1.96 bits per heavy atom. The Balaban J connectivity index is 1.81. The van der Waals surface area contributed by atoms with Crippen LogP contribution in [0.2, 0.25) is 0 Å². The third-order valence-corrected chi connectivity index (χ3v) is 5.45. The first-order valence-corrected chi connectivity index (χ1v) is 7.88. The molecule has 2 fully saturated rings. The molecule has 1 aromatic rings. The fourth-order valence-corrected chi connectivity index (χ4v) is 4.23. The minimum atomic E-state index is -1.21. The number of imide groups is 1. The van der Waals surface area contributed by atoms with Crippen LogP contribution >= 0.6 is 0 Å². The molecule has 8 heteroatoms. The number of rotatable bonds is 3. The van der Waals surface area contributed by atoms with Crippen LogP contribution < -0.4 is 4.90 Å². The molecule has 25 heavy (non-hydrogen) atoms. The number of carbonyl (C=O) groups excluding carboxylic acids is 2. The van der Waals surface area contributed by atoms with Crippen molar-refractivity contribution in [3.63, 3.8) is 0 Å². The maximum Gasteiger partial charge on any atom is 0.274 e. The zero-order chi connectivity index (χ0) is 18.1. The highest BCUT2D eigenvalue weighted by atomic mass is 16.6. The van der Waals surface area contributed by atoms with Gasteiger partial charge in [-0.1, -0.05) is 18.2 Å². The lowest BCUT2D eigenvalue weighted by Crippen LogP contribution is -2.43. The lowest BCUT2D eigenvalue weighted by Gasteiger charge is -2.26. The van der Waals surface area contributed by atoms with E-state index in [1.165, 1.54) is 18.2 Å². The predicted octanol–water partition coefficient (Wildman–Crippen LogP) is 1.10. The number of nitrogens with zero attached hydrogens (tertiary/aromatic N) is 2. The molecule has 130 valence electrons. The summed E-state index contributed by atoms with van der Waals surface area (Å²) < 4.78 is 5.83. The van der Waals surface area contributed by atoms with Gasteiger partial charge in [0.15, 0.2) is 0 Å². The molecule has 3 aliphatic rings. The molecular formula is C17H16N2O6. The summed E-state index contributed by atoms with van der Waals surface area (Å²) >= 11 is 0. The van der Waals surface area contributed by atoms with E-state index in [0.717, 1.165) is 4.90 Å². The second kappa shape index (κ2) is 4.74. The molecule has 1 N–H and O–H groups in total. The maximum absolute atomic E-state index is 13.0. The van der Waals surface area contributed by atoms with E-state index in [4.69, 9.17) is 4.74 Å². The molecule has 4 rings (SSSR count). The Morgan fingerprint density at radius 3 is 2.60 bits per heavy atom. The molecule has 0 saturated carbocycles. The number of nitro benzene ring substituents is 1. The number of hydrogen-bond acceptors (Lipinski definition) is 6. The van der Waals surface area contributed by atoms with Crippen molar-refractivity contribution in [1.29, 1.82) is 0 Å². The number of aliphatic hydroxyl groups excluding tert-OH is 1. The van der Waals surface area contributed by atoms with Crippen molar-refractivity contribution in [3.05, 3.63) is 46.0 Å². The van der Waals surface area contributed by atoms with Gasteiger partial charge in [0.1, 0.15) is 5.60 Å².